The number of rotatable bonds is 6. The molecule has 1 unspecified atom stereocenters. The molecule has 1 aromatic carbocycles. The van der Waals surface area contributed by atoms with Crippen LogP contribution in [0.25, 0.3) is 0 Å². The highest BCUT2D eigenvalue weighted by Crippen LogP contribution is 2.06. The van der Waals surface area contributed by atoms with Crippen LogP contribution in [0.4, 0.5) is 0 Å². The zero-order valence-electron chi connectivity index (χ0n) is 10.4. The Morgan fingerprint density at radius 3 is 2.82 bits per heavy atom. The molecule has 0 aliphatic rings. The maximum Gasteiger partial charge on any atom is 0.232 e. The van der Waals surface area contributed by atoms with Gasteiger partial charge in [0.05, 0.1) is 0 Å². The lowest BCUT2D eigenvalue weighted by Crippen LogP contribution is -2.29. The van der Waals surface area contributed by atoms with Crippen molar-refractivity contribution >= 4 is 16.7 Å². The summed E-state index contributed by atoms with van der Waals surface area (Å²) in [5, 5.41) is 2.73. The van der Waals surface area contributed by atoms with Gasteiger partial charge in [-0.3, -0.25) is 9.00 Å². The van der Waals surface area contributed by atoms with Crippen molar-refractivity contribution in [1.82, 2.24) is 5.32 Å². The third-order valence-corrected chi connectivity index (χ3v) is 3.51. The van der Waals surface area contributed by atoms with Crippen LogP contribution in [0.1, 0.15) is 24.5 Å². The van der Waals surface area contributed by atoms with Crippen LogP contribution < -0.4 is 5.32 Å². The molecule has 0 saturated heterocycles. The van der Waals surface area contributed by atoms with Gasteiger partial charge in [0.25, 0.3) is 0 Å². The molecule has 0 radical (unpaired) electrons. The molecule has 0 spiro atoms. The molecule has 0 saturated carbocycles. The van der Waals surface area contributed by atoms with E-state index >= 15 is 0 Å². The largest absolute Gasteiger partial charge is 0.355 e. The number of nitrogens with one attached hydrogen (secondary N) is 1. The highest BCUT2D eigenvalue weighted by molar-refractivity contribution is 7.84. The molecule has 0 aliphatic carbocycles. The van der Waals surface area contributed by atoms with Gasteiger partial charge in [0, 0.05) is 23.1 Å². The maximum absolute atomic E-state index is 11.7. The van der Waals surface area contributed by atoms with Crippen molar-refractivity contribution in [3.63, 3.8) is 0 Å². The molecule has 0 aliphatic heterocycles. The lowest BCUT2D eigenvalue weighted by molar-refractivity contribution is -0.118. The molecule has 1 amide bonds. The molecule has 1 N–H and O–H groups in total. The summed E-state index contributed by atoms with van der Waals surface area (Å²) >= 11 is 0. The lowest BCUT2D eigenvalue weighted by atomic mass is 10.2. The van der Waals surface area contributed by atoms with E-state index in [4.69, 9.17) is 0 Å². The Morgan fingerprint density at radius 1 is 1.41 bits per heavy atom. The summed E-state index contributed by atoms with van der Waals surface area (Å²) in [6, 6.07) is 7.89. The highest BCUT2D eigenvalue weighted by atomic mass is 32.2. The Kier molecular flexibility index (Phi) is 5.91. The number of aryl methyl sites for hydroxylation is 1. The first-order chi connectivity index (χ1) is 8.11. The first kappa shape index (κ1) is 13.9. The fourth-order valence-electron chi connectivity index (χ4n) is 1.50. The number of carbonyl (C=O) groups excluding carboxylic acids is 1. The van der Waals surface area contributed by atoms with Crippen LogP contribution >= 0.6 is 0 Å². The van der Waals surface area contributed by atoms with Gasteiger partial charge in [0.1, 0.15) is 5.75 Å². The zero-order chi connectivity index (χ0) is 12.7. The fraction of sp³-hybridized carbons (Fsp3) is 0.462. The molecule has 1 rings (SSSR count). The molecular weight excluding hydrogens is 234 g/mol. The van der Waals surface area contributed by atoms with Crippen molar-refractivity contribution < 1.29 is 9.00 Å². The van der Waals surface area contributed by atoms with E-state index in [1.54, 1.807) is 0 Å². The Labute approximate surface area is 105 Å². The van der Waals surface area contributed by atoms with Crippen molar-refractivity contribution in [2.24, 2.45) is 0 Å². The van der Waals surface area contributed by atoms with E-state index in [-0.39, 0.29) is 11.7 Å². The first-order valence-corrected chi connectivity index (χ1v) is 7.28. The van der Waals surface area contributed by atoms with Crippen molar-refractivity contribution in [3.05, 3.63) is 35.4 Å². The monoisotopic (exact) mass is 253 g/mol. The SMILES string of the molecule is CCCNC(=O)CS(=O)Cc1cccc(C)c1. The third kappa shape index (κ3) is 5.63. The molecule has 4 heteroatoms. The van der Waals surface area contributed by atoms with Gasteiger partial charge in [0.15, 0.2) is 0 Å². The second kappa shape index (κ2) is 7.22. The van der Waals surface area contributed by atoms with E-state index in [2.05, 4.69) is 5.32 Å². The molecule has 94 valence electrons. The van der Waals surface area contributed by atoms with Gasteiger partial charge in [-0.05, 0) is 18.9 Å². The van der Waals surface area contributed by atoms with Gasteiger partial charge < -0.3 is 5.32 Å². The van der Waals surface area contributed by atoms with Gasteiger partial charge >= 0.3 is 0 Å². The van der Waals surface area contributed by atoms with Crippen molar-refractivity contribution in [2.45, 2.75) is 26.0 Å². The summed E-state index contributed by atoms with van der Waals surface area (Å²) in [7, 11) is -1.12. The van der Waals surface area contributed by atoms with Gasteiger partial charge in [-0.1, -0.05) is 36.8 Å². The number of carbonyl (C=O) groups is 1. The quantitative estimate of drug-likeness (QED) is 0.840. The van der Waals surface area contributed by atoms with E-state index in [9.17, 15) is 9.00 Å². The zero-order valence-corrected chi connectivity index (χ0v) is 11.2. The molecule has 0 bridgehead atoms. The fourth-order valence-corrected chi connectivity index (χ4v) is 2.55. The second-order valence-electron chi connectivity index (χ2n) is 4.07. The molecule has 1 aromatic rings. The van der Waals surface area contributed by atoms with Crippen molar-refractivity contribution in [3.8, 4) is 0 Å². The first-order valence-electron chi connectivity index (χ1n) is 5.79. The molecule has 1 atom stereocenters. The third-order valence-electron chi connectivity index (χ3n) is 2.27. The van der Waals surface area contributed by atoms with Gasteiger partial charge in [-0.2, -0.15) is 0 Å². The average molecular weight is 253 g/mol. The lowest BCUT2D eigenvalue weighted by Gasteiger charge is -2.04. The smallest absolute Gasteiger partial charge is 0.232 e. The molecule has 17 heavy (non-hydrogen) atoms. The van der Waals surface area contributed by atoms with Crippen LogP contribution in [-0.4, -0.2) is 22.4 Å². The number of hydrogen-bond acceptors (Lipinski definition) is 2. The Bertz CT molecular complexity index is 404. The van der Waals surface area contributed by atoms with Crippen LogP contribution in [0.3, 0.4) is 0 Å². The van der Waals surface area contributed by atoms with Gasteiger partial charge in [-0.15, -0.1) is 0 Å². The average Bonchev–Trinajstić information content (AvgIpc) is 2.26. The van der Waals surface area contributed by atoms with Crippen LogP contribution in [0.2, 0.25) is 0 Å². The number of hydrogen-bond donors (Lipinski definition) is 1. The van der Waals surface area contributed by atoms with Crippen LogP contribution in [0.5, 0.6) is 0 Å². The summed E-state index contributed by atoms with van der Waals surface area (Å²) in [6.45, 7) is 4.64. The minimum atomic E-state index is -1.12. The Hall–Kier alpha value is -1.16. The van der Waals surface area contributed by atoms with E-state index in [0.717, 1.165) is 17.5 Å². The Morgan fingerprint density at radius 2 is 2.18 bits per heavy atom. The molecular formula is C13H19NO2S. The molecule has 0 heterocycles. The van der Waals surface area contributed by atoms with E-state index in [0.29, 0.717) is 12.3 Å². The molecule has 0 fully saturated rings. The minimum Gasteiger partial charge on any atom is -0.355 e. The van der Waals surface area contributed by atoms with E-state index < -0.39 is 10.8 Å². The van der Waals surface area contributed by atoms with Crippen LogP contribution in [-0.2, 0) is 21.3 Å². The summed E-state index contributed by atoms with van der Waals surface area (Å²) in [5.41, 5.74) is 2.17. The number of benzene rings is 1. The maximum atomic E-state index is 11.7. The normalized spacial score (nSPS) is 12.1. The molecule has 3 nitrogen and oxygen atoms in total. The van der Waals surface area contributed by atoms with Crippen LogP contribution in [0, 0.1) is 6.92 Å². The highest BCUT2D eigenvalue weighted by Gasteiger charge is 2.07. The Balaban J connectivity index is 2.42. The van der Waals surface area contributed by atoms with Gasteiger partial charge in [0.2, 0.25) is 5.91 Å². The summed E-state index contributed by atoms with van der Waals surface area (Å²) in [4.78, 5) is 11.4. The van der Waals surface area contributed by atoms with E-state index in [1.807, 2.05) is 38.1 Å². The molecule has 0 aromatic heterocycles. The van der Waals surface area contributed by atoms with Crippen molar-refractivity contribution in [1.29, 1.82) is 0 Å². The van der Waals surface area contributed by atoms with Gasteiger partial charge in [-0.25, -0.2) is 0 Å². The van der Waals surface area contributed by atoms with Crippen LogP contribution in [0.15, 0.2) is 24.3 Å². The minimum absolute atomic E-state index is 0.0912. The van der Waals surface area contributed by atoms with Crippen molar-refractivity contribution in [2.75, 3.05) is 12.3 Å². The van der Waals surface area contributed by atoms with E-state index in [1.165, 1.54) is 0 Å². The topological polar surface area (TPSA) is 46.2 Å². The second-order valence-corrected chi connectivity index (χ2v) is 5.52. The predicted molar refractivity (Wildman–Crippen MR) is 71.2 cm³/mol. The summed E-state index contributed by atoms with van der Waals surface area (Å²) in [5.74, 6) is 0.410. The summed E-state index contributed by atoms with van der Waals surface area (Å²) in [6.07, 6.45) is 0.899. The number of amides is 1. The standard InChI is InChI=1S/C13H19NO2S/c1-3-7-14-13(15)10-17(16)9-12-6-4-5-11(2)8-12/h4-6,8H,3,7,9-10H2,1-2H3,(H,14,15). The predicted octanol–water partition coefficient (Wildman–Crippen LogP) is 1.77. The summed E-state index contributed by atoms with van der Waals surface area (Å²) < 4.78 is 11.7.